The molecule has 0 spiro atoms. The third kappa shape index (κ3) is 3.98. The molecule has 1 aromatic heterocycles. The number of nitrogens with zero attached hydrogens (tertiary/aromatic N) is 4. The number of nitriles is 1. The van der Waals surface area contributed by atoms with Gasteiger partial charge < -0.3 is 9.64 Å². The maximum absolute atomic E-state index is 13.4. The molecule has 2 aliphatic heterocycles. The average Bonchev–Trinajstić information content (AvgIpc) is 3.34. The number of carbonyl (C=O) groups is 1. The molecule has 1 amide bonds. The number of nitrogens with one attached hydrogen (secondary N) is 1. The number of carbonyl (C=O) groups excluding carboxylic acids is 1. The number of thiazole rings is 1. The van der Waals surface area contributed by atoms with Crippen molar-refractivity contribution in [1.29, 1.82) is 5.26 Å². The van der Waals surface area contributed by atoms with Crippen molar-refractivity contribution in [1.82, 2.24) is 14.8 Å². The van der Waals surface area contributed by atoms with Crippen molar-refractivity contribution >= 4 is 32.4 Å². The number of sulfonamides is 1. The Morgan fingerprint density at radius 2 is 1.84 bits per heavy atom. The first-order valence-corrected chi connectivity index (χ1v) is 12.4. The molecule has 3 heterocycles. The second-order valence-electron chi connectivity index (χ2n) is 7.63. The molecule has 2 fully saturated rings. The van der Waals surface area contributed by atoms with Gasteiger partial charge in [0.15, 0.2) is 9.88 Å². The number of aromatic nitrogens is 1. The summed E-state index contributed by atoms with van der Waals surface area (Å²) in [5.41, 5.74) is 3.10. The number of rotatable bonds is 5. The molecule has 10 nitrogen and oxygen atoms in total. The van der Waals surface area contributed by atoms with E-state index in [2.05, 4.69) is 11.1 Å². The number of ether oxygens (including phenoxy) is 1. The van der Waals surface area contributed by atoms with Crippen LogP contribution in [-0.2, 0) is 19.6 Å². The van der Waals surface area contributed by atoms with Gasteiger partial charge in [-0.3, -0.25) is 10.0 Å². The second-order valence-corrected chi connectivity index (χ2v) is 10.9. The maximum Gasteiger partial charge on any atom is 0.266 e. The molecular formula is C20H23N5O5S2. The lowest BCUT2D eigenvalue weighted by Gasteiger charge is -2.41. The van der Waals surface area contributed by atoms with Crippen LogP contribution in [0.4, 0.5) is 5.13 Å². The Morgan fingerprint density at radius 1 is 1.19 bits per heavy atom. The highest BCUT2D eigenvalue weighted by molar-refractivity contribution is 7.91. The molecule has 0 unspecified atom stereocenters. The van der Waals surface area contributed by atoms with Crippen LogP contribution in [-0.4, -0.2) is 73.0 Å². The minimum Gasteiger partial charge on any atom is -0.381 e. The zero-order chi connectivity index (χ0) is 22.8. The number of hydrogen-bond donors (Lipinski definition) is 2. The molecule has 2 N–H and O–H groups in total. The van der Waals surface area contributed by atoms with Gasteiger partial charge in [0.2, 0.25) is 10.0 Å². The number of hydroxylamine groups is 1. The molecule has 1 aromatic carbocycles. The summed E-state index contributed by atoms with van der Waals surface area (Å²) < 4.78 is 31.7. The zero-order valence-electron chi connectivity index (χ0n) is 17.2. The van der Waals surface area contributed by atoms with Crippen LogP contribution >= 0.6 is 11.3 Å². The van der Waals surface area contributed by atoms with Crippen LogP contribution in [0.15, 0.2) is 30.5 Å². The number of anilines is 1. The Balaban J connectivity index is 1.46. The summed E-state index contributed by atoms with van der Waals surface area (Å²) >= 11 is 1.50. The van der Waals surface area contributed by atoms with E-state index >= 15 is 0 Å². The predicted octanol–water partition coefficient (Wildman–Crippen LogP) is 1.19. The first kappa shape index (κ1) is 22.6. The normalized spacial score (nSPS) is 19.3. The van der Waals surface area contributed by atoms with Crippen LogP contribution in [0, 0.1) is 11.3 Å². The number of piperazine rings is 1. The highest BCUT2D eigenvalue weighted by Crippen LogP contribution is 2.35. The molecule has 0 bridgehead atoms. The summed E-state index contributed by atoms with van der Waals surface area (Å²) in [6.07, 6.45) is 1.78. The Hall–Kier alpha value is -2.56. The van der Waals surface area contributed by atoms with E-state index < -0.39 is 20.7 Å². The van der Waals surface area contributed by atoms with Gasteiger partial charge in [-0.25, -0.2) is 18.9 Å². The number of hydrogen-bond acceptors (Lipinski definition) is 9. The smallest absolute Gasteiger partial charge is 0.266 e. The second kappa shape index (κ2) is 9.13. The highest BCUT2D eigenvalue weighted by Gasteiger charge is 2.54. The number of benzene rings is 1. The van der Waals surface area contributed by atoms with E-state index in [1.54, 1.807) is 23.8 Å². The van der Waals surface area contributed by atoms with Crippen LogP contribution in [0.5, 0.6) is 0 Å². The van der Waals surface area contributed by atoms with Crippen molar-refractivity contribution in [2.75, 3.05) is 44.3 Å². The molecule has 2 aliphatic rings. The van der Waals surface area contributed by atoms with Gasteiger partial charge in [0.05, 0.1) is 16.5 Å². The van der Waals surface area contributed by atoms with Crippen LogP contribution in [0.25, 0.3) is 10.4 Å². The van der Waals surface area contributed by atoms with Crippen LogP contribution in [0.3, 0.4) is 0 Å². The summed E-state index contributed by atoms with van der Waals surface area (Å²) in [7, 11) is -4.00. The van der Waals surface area contributed by atoms with Gasteiger partial charge in [-0.1, -0.05) is 23.5 Å². The van der Waals surface area contributed by atoms with E-state index in [9.17, 15) is 18.4 Å². The highest BCUT2D eigenvalue weighted by atomic mass is 32.2. The third-order valence-corrected chi connectivity index (χ3v) is 9.68. The average molecular weight is 478 g/mol. The van der Waals surface area contributed by atoms with Crippen molar-refractivity contribution in [3.8, 4) is 16.5 Å². The summed E-state index contributed by atoms with van der Waals surface area (Å²) in [6, 6.07) is 9.36. The Labute approximate surface area is 190 Å². The van der Waals surface area contributed by atoms with Gasteiger partial charge in [-0.05, 0) is 17.7 Å². The van der Waals surface area contributed by atoms with Crippen molar-refractivity contribution in [3.63, 3.8) is 0 Å². The predicted molar refractivity (Wildman–Crippen MR) is 118 cm³/mol. The molecule has 4 rings (SSSR count). The van der Waals surface area contributed by atoms with Gasteiger partial charge in [0.1, 0.15) is 0 Å². The van der Waals surface area contributed by atoms with Gasteiger partial charge >= 0.3 is 0 Å². The SMILES string of the molecule is N#Cc1ccc(-c2cnc(N3CCN(S(=O)(=O)C4(C(=O)NO)CCOCC4)CC3)s2)cc1. The standard InChI is InChI=1S/C20H23N5O5S2/c21-13-15-1-3-16(4-2-15)17-14-22-19(31-17)24-7-9-25(10-8-24)32(28,29)20(18(26)23-27)5-11-30-12-6-20/h1-4,14,27H,5-12H2,(H,23,26). The fraction of sp³-hybridized carbons (Fsp3) is 0.450. The minimum absolute atomic E-state index is 0.00235. The molecule has 0 radical (unpaired) electrons. The van der Waals surface area contributed by atoms with E-state index in [1.165, 1.54) is 15.6 Å². The van der Waals surface area contributed by atoms with Crippen molar-refractivity contribution in [3.05, 3.63) is 36.0 Å². The van der Waals surface area contributed by atoms with Crippen molar-refractivity contribution in [2.24, 2.45) is 0 Å². The lowest BCUT2D eigenvalue weighted by atomic mass is 9.98. The topological polar surface area (TPSA) is 136 Å². The van der Waals surface area contributed by atoms with E-state index in [0.717, 1.165) is 15.6 Å². The lowest BCUT2D eigenvalue weighted by molar-refractivity contribution is -0.134. The van der Waals surface area contributed by atoms with E-state index in [4.69, 9.17) is 10.00 Å². The van der Waals surface area contributed by atoms with Gasteiger partial charge in [0.25, 0.3) is 5.91 Å². The first-order valence-electron chi connectivity index (χ1n) is 10.1. The van der Waals surface area contributed by atoms with E-state index in [0.29, 0.717) is 18.7 Å². The molecule has 2 aromatic rings. The van der Waals surface area contributed by atoms with Gasteiger partial charge in [-0.2, -0.15) is 9.57 Å². The fourth-order valence-corrected chi connectivity index (χ4v) is 7.10. The van der Waals surface area contributed by atoms with Crippen molar-refractivity contribution in [2.45, 2.75) is 17.6 Å². The van der Waals surface area contributed by atoms with Crippen molar-refractivity contribution < 1.29 is 23.2 Å². The minimum atomic E-state index is -4.00. The molecule has 12 heteroatoms. The van der Waals surface area contributed by atoms with Crippen LogP contribution in [0.2, 0.25) is 0 Å². The Morgan fingerprint density at radius 3 is 2.44 bits per heavy atom. The summed E-state index contributed by atoms with van der Waals surface area (Å²) in [5, 5.41) is 18.9. The van der Waals surface area contributed by atoms with Crippen LogP contribution < -0.4 is 10.4 Å². The molecule has 170 valence electrons. The molecular weight excluding hydrogens is 454 g/mol. The van der Waals surface area contributed by atoms with E-state index in [1.807, 2.05) is 17.0 Å². The maximum atomic E-state index is 13.4. The van der Waals surface area contributed by atoms with E-state index in [-0.39, 0.29) is 39.1 Å². The summed E-state index contributed by atoms with van der Waals surface area (Å²) in [5.74, 6) is -0.907. The Kier molecular flexibility index (Phi) is 6.45. The first-order chi connectivity index (χ1) is 15.4. The Bertz CT molecular complexity index is 1110. The molecule has 32 heavy (non-hydrogen) atoms. The monoisotopic (exact) mass is 477 g/mol. The largest absolute Gasteiger partial charge is 0.381 e. The summed E-state index contributed by atoms with van der Waals surface area (Å²) in [6.45, 7) is 1.60. The number of amides is 1. The lowest BCUT2D eigenvalue weighted by Crippen LogP contribution is -2.62. The van der Waals surface area contributed by atoms with Crippen LogP contribution in [0.1, 0.15) is 18.4 Å². The fourth-order valence-electron chi connectivity index (χ4n) is 4.03. The van der Waals surface area contributed by atoms with Gasteiger partial charge in [0, 0.05) is 58.4 Å². The molecule has 0 saturated carbocycles. The quantitative estimate of drug-likeness (QED) is 0.484. The molecule has 0 aliphatic carbocycles. The third-order valence-electron chi connectivity index (χ3n) is 5.95. The summed E-state index contributed by atoms with van der Waals surface area (Å²) in [4.78, 5) is 19.9. The molecule has 0 atom stereocenters. The molecule has 2 saturated heterocycles. The zero-order valence-corrected chi connectivity index (χ0v) is 18.9. The van der Waals surface area contributed by atoms with Gasteiger partial charge in [-0.15, -0.1) is 0 Å².